The highest BCUT2D eigenvalue weighted by Crippen LogP contribution is 2.31. The molecule has 1 aliphatic rings. The van der Waals surface area contributed by atoms with Gasteiger partial charge < -0.3 is 19.3 Å². The van der Waals surface area contributed by atoms with Crippen molar-refractivity contribution in [1.29, 1.82) is 0 Å². The number of methoxy groups -OCH3 is 1. The fourth-order valence-corrected chi connectivity index (χ4v) is 4.41. The molecule has 2 aromatic carbocycles. The standard InChI is InChI=1S/C25H32N4O2/c1-18-16-23(31-4)19(2)15-20(18)17-28-11-13-29(14-12-28)22-8-6-5-7-21(22)24(30)25-26-9-10-27(25)3/h5-10,15-16,24,30H,11-14,17H2,1-4H3. The van der Waals surface area contributed by atoms with Crippen LogP contribution in [0.1, 0.15) is 34.2 Å². The fraction of sp³-hybridized carbons (Fsp3) is 0.400. The Hall–Kier alpha value is -2.83. The van der Waals surface area contributed by atoms with Crippen LogP contribution in [0.15, 0.2) is 48.8 Å². The van der Waals surface area contributed by atoms with Gasteiger partial charge in [0.25, 0.3) is 0 Å². The van der Waals surface area contributed by atoms with E-state index in [1.165, 1.54) is 16.7 Å². The third-order valence-corrected chi connectivity index (χ3v) is 6.29. The second-order valence-electron chi connectivity index (χ2n) is 8.37. The van der Waals surface area contributed by atoms with Gasteiger partial charge in [-0.05, 0) is 42.7 Å². The zero-order valence-electron chi connectivity index (χ0n) is 18.9. The minimum Gasteiger partial charge on any atom is -0.496 e. The number of hydrogen-bond acceptors (Lipinski definition) is 5. The lowest BCUT2D eigenvalue weighted by Crippen LogP contribution is -2.46. The first-order valence-electron chi connectivity index (χ1n) is 10.8. The lowest BCUT2D eigenvalue weighted by molar-refractivity contribution is 0.205. The molecule has 4 rings (SSSR count). The number of aromatic nitrogens is 2. The van der Waals surface area contributed by atoms with Crippen molar-refractivity contribution in [3.05, 3.63) is 76.9 Å². The van der Waals surface area contributed by atoms with E-state index in [4.69, 9.17) is 4.74 Å². The molecule has 6 nitrogen and oxygen atoms in total. The highest BCUT2D eigenvalue weighted by Gasteiger charge is 2.24. The van der Waals surface area contributed by atoms with Crippen molar-refractivity contribution >= 4 is 5.69 Å². The summed E-state index contributed by atoms with van der Waals surface area (Å²) in [5.41, 5.74) is 5.81. The Balaban J connectivity index is 1.45. The van der Waals surface area contributed by atoms with Crippen LogP contribution in [0.3, 0.4) is 0 Å². The van der Waals surface area contributed by atoms with E-state index < -0.39 is 6.10 Å². The molecule has 3 aromatic rings. The topological polar surface area (TPSA) is 53.8 Å². The third-order valence-electron chi connectivity index (χ3n) is 6.29. The molecule has 1 unspecified atom stereocenters. The zero-order valence-corrected chi connectivity index (χ0v) is 18.9. The summed E-state index contributed by atoms with van der Waals surface area (Å²) in [6.07, 6.45) is 2.85. The predicted molar refractivity (Wildman–Crippen MR) is 124 cm³/mol. The zero-order chi connectivity index (χ0) is 22.0. The molecule has 0 amide bonds. The third kappa shape index (κ3) is 4.45. The molecule has 1 aliphatic heterocycles. The summed E-state index contributed by atoms with van der Waals surface area (Å²) in [5.74, 6) is 1.62. The molecule has 164 valence electrons. The maximum atomic E-state index is 11.0. The summed E-state index contributed by atoms with van der Waals surface area (Å²) in [7, 11) is 3.64. The van der Waals surface area contributed by atoms with Crippen molar-refractivity contribution in [1.82, 2.24) is 14.5 Å². The van der Waals surface area contributed by atoms with Crippen molar-refractivity contribution in [2.24, 2.45) is 7.05 Å². The maximum Gasteiger partial charge on any atom is 0.142 e. The molecule has 1 atom stereocenters. The summed E-state index contributed by atoms with van der Waals surface area (Å²) >= 11 is 0. The SMILES string of the molecule is COc1cc(C)c(CN2CCN(c3ccccc3C(O)c3nccn3C)CC2)cc1C. The first-order chi connectivity index (χ1) is 15.0. The van der Waals surface area contributed by atoms with Crippen LogP contribution < -0.4 is 9.64 Å². The number of aryl methyl sites for hydroxylation is 3. The smallest absolute Gasteiger partial charge is 0.142 e. The molecule has 0 saturated carbocycles. The van der Waals surface area contributed by atoms with E-state index in [1.807, 2.05) is 36.0 Å². The Labute approximate surface area is 184 Å². The van der Waals surface area contributed by atoms with Crippen molar-refractivity contribution in [3.63, 3.8) is 0 Å². The molecule has 1 saturated heterocycles. The van der Waals surface area contributed by atoms with E-state index in [0.29, 0.717) is 5.82 Å². The van der Waals surface area contributed by atoms with Gasteiger partial charge in [-0.2, -0.15) is 0 Å². The number of imidazole rings is 1. The Kier molecular flexibility index (Phi) is 6.30. The molecule has 0 aliphatic carbocycles. The number of anilines is 1. The monoisotopic (exact) mass is 420 g/mol. The first-order valence-corrected chi connectivity index (χ1v) is 10.8. The minimum absolute atomic E-state index is 0.663. The van der Waals surface area contributed by atoms with Gasteiger partial charge in [0.05, 0.1) is 7.11 Å². The quantitative estimate of drug-likeness (QED) is 0.662. The van der Waals surface area contributed by atoms with Crippen molar-refractivity contribution < 1.29 is 9.84 Å². The van der Waals surface area contributed by atoms with Crippen molar-refractivity contribution in [2.45, 2.75) is 26.5 Å². The van der Waals surface area contributed by atoms with Gasteiger partial charge in [-0.3, -0.25) is 4.90 Å². The van der Waals surface area contributed by atoms with Gasteiger partial charge in [0.2, 0.25) is 0 Å². The second kappa shape index (κ2) is 9.12. The molecule has 0 spiro atoms. The summed E-state index contributed by atoms with van der Waals surface area (Å²) in [5, 5.41) is 11.0. The van der Waals surface area contributed by atoms with Crippen molar-refractivity contribution in [3.8, 4) is 5.75 Å². The average molecular weight is 421 g/mol. The maximum absolute atomic E-state index is 11.0. The molecule has 2 heterocycles. The molecule has 6 heteroatoms. The summed E-state index contributed by atoms with van der Waals surface area (Å²) in [6.45, 7) is 9.03. The predicted octanol–water partition coefficient (Wildman–Crippen LogP) is 3.45. The number of aliphatic hydroxyl groups excluding tert-OH is 1. The van der Waals surface area contributed by atoms with E-state index in [9.17, 15) is 5.11 Å². The second-order valence-corrected chi connectivity index (χ2v) is 8.37. The normalized spacial score (nSPS) is 15.8. The molecule has 1 fully saturated rings. The van der Waals surface area contributed by atoms with Crippen LogP contribution in [0.2, 0.25) is 0 Å². The Morgan fingerprint density at radius 1 is 1.06 bits per heavy atom. The van der Waals surface area contributed by atoms with Crippen LogP contribution in [-0.4, -0.2) is 52.8 Å². The Morgan fingerprint density at radius 3 is 2.48 bits per heavy atom. The lowest BCUT2D eigenvalue weighted by atomic mass is 10.0. The number of benzene rings is 2. The molecule has 0 radical (unpaired) electrons. The fourth-order valence-electron chi connectivity index (χ4n) is 4.41. The van der Waals surface area contributed by atoms with Crippen LogP contribution in [0.4, 0.5) is 5.69 Å². The van der Waals surface area contributed by atoms with Gasteiger partial charge in [0.15, 0.2) is 0 Å². The van der Waals surface area contributed by atoms with E-state index in [1.54, 1.807) is 13.3 Å². The summed E-state index contributed by atoms with van der Waals surface area (Å²) < 4.78 is 7.33. The van der Waals surface area contributed by atoms with Gasteiger partial charge in [-0.1, -0.05) is 24.3 Å². The van der Waals surface area contributed by atoms with Crippen LogP contribution in [0.25, 0.3) is 0 Å². The van der Waals surface area contributed by atoms with Crippen molar-refractivity contribution in [2.75, 3.05) is 38.2 Å². The van der Waals surface area contributed by atoms with Crippen LogP contribution in [0.5, 0.6) is 5.75 Å². The molecular weight excluding hydrogens is 388 g/mol. The molecule has 1 aromatic heterocycles. The highest BCUT2D eigenvalue weighted by atomic mass is 16.5. The van der Waals surface area contributed by atoms with Gasteiger partial charge >= 0.3 is 0 Å². The van der Waals surface area contributed by atoms with E-state index in [2.05, 4.69) is 46.8 Å². The Bertz CT molecular complexity index is 1040. The van der Waals surface area contributed by atoms with Gasteiger partial charge in [-0.15, -0.1) is 0 Å². The average Bonchev–Trinajstić information content (AvgIpc) is 3.22. The summed E-state index contributed by atoms with van der Waals surface area (Å²) in [4.78, 5) is 9.22. The molecular formula is C25H32N4O2. The molecule has 31 heavy (non-hydrogen) atoms. The highest BCUT2D eigenvalue weighted by molar-refractivity contribution is 5.56. The van der Waals surface area contributed by atoms with Gasteiger partial charge in [-0.25, -0.2) is 4.98 Å². The van der Waals surface area contributed by atoms with Crippen LogP contribution >= 0.6 is 0 Å². The van der Waals surface area contributed by atoms with Gasteiger partial charge in [0, 0.05) is 63.4 Å². The van der Waals surface area contributed by atoms with E-state index in [-0.39, 0.29) is 0 Å². The first kappa shape index (κ1) is 21.4. The lowest BCUT2D eigenvalue weighted by Gasteiger charge is -2.37. The van der Waals surface area contributed by atoms with Crippen LogP contribution in [-0.2, 0) is 13.6 Å². The van der Waals surface area contributed by atoms with E-state index in [0.717, 1.165) is 49.7 Å². The number of nitrogens with zero attached hydrogens (tertiary/aromatic N) is 4. The Morgan fingerprint density at radius 2 is 1.81 bits per heavy atom. The number of ether oxygens (including phenoxy) is 1. The number of piperazine rings is 1. The number of rotatable bonds is 6. The van der Waals surface area contributed by atoms with Gasteiger partial charge in [0.1, 0.15) is 17.7 Å². The molecule has 1 N–H and O–H groups in total. The minimum atomic E-state index is -0.737. The van der Waals surface area contributed by atoms with E-state index >= 15 is 0 Å². The number of para-hydroxylation sites is 1. The molecule has 0 bridgehead atoms. The number of aliphatic hydroxyl groups is 1. The summed E-state index contributed by atoms with van der Waals surface area (Å²) in [6, 6.07) is 12.5. The number of hydrogen-bond donors (Lipinski definition) is 1. The largest absolute Gasteiger partial charge is 0.496 e. The van der Waals surface area contributed by atoms with Crippen LogP contribution in [0, 0.1) is 13.8 Å².